The van der Waals surface area contributed by atoms with Crippen LogP contribution in [0, 0.1) is 6.92 Å². The minimum Gasteiger partial charge on any atom is -0.493 e. The number of carbonyl (C=O) groups is 2. The maximum absolute atomic E-state index is 12.6. The molecule has 4 rings (SSSR count). The molecule has 8 heteroatoms. The molecule has 0 aliphatic carbocycles. The Morgan fingerprint density at radius 2 is 1.86 bits per heavy atom. The fraction of sp³-hybridized carbons (Fsp3) is 0.259. The Hall–Kier alpha value is -3.71. The van der Waals surface area contributed by atoms with E-state index in [9.17, 15) is 9.59 Å². The van der Waals surface area contributed by atoms with E-state index in [1.807, 2.05) is 31.2 Å². The number of nitrogens with zero attached hydrogens (tertiary/aromatic N) is 1. The lowest BCUT2D eigenvalue weighted by Gasteiger charge is -2.30. The summed E-state index contributed by atoms with van der Waals surface area (Å²) in [5.41, 5.74) is 2.29. The molecule has 0 saturated carbocycles. The lowest BCUT2D eigenvalue weighted by atomic mass is 10.2. The van der Waals surface area contributed by atoms with Gasteiger partial charge in [0.1, 0.15) is 17.2 Å². The molecule has 3 aromatic rings. The van der Waals surface area contributed by atoms with E-state index in [1.54, 1.807) is 47.4 Å². The predicted octanol–water partition coefficient (Wildman–Crippen LogP) is 5.25. The summed E-state index contributed by atoms with van der Waals surface area (Å²) in [4.78, 5) is 26.6. The van der Waals surface area contributed by atoms with Crippen molar-refractivity contribution < 1.29 is 23.8 Å². The Bertz CT molecular complexity index is 1180. The van der Waals surface area contributed by atoms with Gasteiger partial charge in [-0.3, -0.25) is 9.59 Å². The first-order valence-corrected chi connectivity index (χ1v) is 11.8. The second-order valence-corrected chi connectivity index (χ2v) is 8.56. The van der Waals surface area contributed by atoms with Crippen molar-refractivity contribution in [3.63, 3.8) is 0 Å². The van der Waals surface area contributed by atoms with Crippen molar-refractivity contribution in [2.75, 3.05) is 36.6 Å². The van der Waals surface area contributed by atoms with Gasteiger partial charge >= 0.3 is 0 Å². The third kappa shape index (κ3) is 6.67. The van der Waals surface area contributed by atoms with Gasteiger partial charge in [-0.1, -0.05) is 29.8 Å². The second kappa shape index (κ2) is 11.6. The molecule has 0 bridgehead atoms. The zero-order chi connectivity index (χ0) is 24.6. The van der Waals surface area contributed by atoms with Gasteiger partial charge in [0.05, 0.1) is 12.3 Å². The number of anilines is 2. The van der Waals surface area contributed by atoms with Crippen molar-refractivity contribution >= 4 is 34.8 Å². The standard InChI is InChI=1S/C27H27ClN2O5/c1-19-6-2-3-7-24(19)33-15-5-4-14-30-23-16-21(10-13-25(23)35-18-27(30)32)29-26(31)17-34-22-11-8-20(28)9-12-22/h2-3,6-13,16H,4-5,14-15,17-18H2,1H3,(H,29,31). The van der Waals surface area contributed by atoms with Gasteiger partial charge in [-0.2, -0.15) is 0 Å². The number of amides is 2. The summed E-state index contributed by atoms with van der Waals surface area (Å²) in [5, 5.41) is 3.40. The highest BCUT2D eigenvalue weighted by molar-refractivity contribution is 6.30. The molecule has 0 spiro atoms. The molecule has 1 heterocycles. The second-order valence-electron chi connectivity index (χ2n) is 8.13. The highest BCUT2D eigenvalue weighted by Crippen LogP contribution is 2.35. The van der Waals surface area contributed by atoms with Gasteiger partial charge in [0, 0.05) is 17.3 Å². The molecule has 0 aromatic heterocycles. The molecular weight excluding hydrogens is 468 g/mol. The van der Waals surface area contributed by atoms with Gasteiger partial charge < -0.3 is 24.4 Å². The van der Waals surface area contributed by atoms with Crippen LogP contribution in [0.4, 0.5) is 11.4 Å². The van der Waals surface area contributed by atoms with Crippen LogP contribution in [0.15, 0.2) is 66.7 Å². The fourth-order valence-corrected chi connectivity index (χ4v) is 3.80. The average molecular weight is 495 g/mol. The summed E-state index contributed by atoms with van der Waals surface area (Å²) in [6.07, 6.45) is 1.56. The van der Waals surface area contributed by atoms with E-state index < -0.39 is 0 Å². The largest absolute Gasteiger partial charge is 0.493 e. The minimum atomic E-state index is -0.317. The fourth-order valence-electron chi connectivity index (χ4n) is 3.67. The number of fused-ring (bicyclic) bond motifs is 1. The van der Waals surface area contributed by atoms with Crippen LogP contribution in [0.1, 0.15) is 18.4 Å². The molecule has 0 radical (unpaired) electrons. The minimum absolute atomic E-state index is 0.00660. The summed E-state index contributed by atoms with van der Waals surface area (Å²) in [6, 6.07) is 19.9. The first-order chi connectivity index (χ1) is 17.0. The number of unbranched alkanes of at least 4 members (excludes halogenated alkanes) is 1. The molecule has 182 valence electrons. The SMILES string of the molecule is Cc1ccccc1OCCCCN1C(=O)COc2ccc(NC(=O)COc3ccc(Cl)cc3)cc21. The van der Waals surface area contributed by atoms with E-state index >= 15 is 0 Å². The lowest BCUT2D eigenvalue weighted by molar-refractivity contribution is -0.121. The van der Waals surface area contributed by atoms with Crippen LogP contribution in [-0.2, 0) is 9.59 Å². The number of hydrogen-bond donors (Lipinski definition) is 1. The van der Waals surface area contributed by atoms with E-state index in [0.29, 0.717) is 41.0 Å². The molecule has 1 aliphatic heterocycles. The monoisotopic (exact) mass is 494 g/mol. The maximum atomic E-state index is 12.6. The van der Waals surface area contributed by atoms with E-state index in [4.69, 9.17) is 25.8 Å². The quantitative estimate of drug-likeness (QED) is 0.389. The highest BCUT2D eigenvalue weighted by Gasteiger charge is 2.25. The molecule has 0 saturated heterocycles. The number of halogens is 1. The van der Waals surface area contributed by atoms with E-state index in [2.05, 4.69) is 5.32 Å². The normalized spacial score (nSPS) is 12.5. The third-order valence-electron chi connectivity index (χ3n) is 5.50. The van der Waals surface area contributed by atoms with E-state index in [0.717, 1.165) is 24.2 Å². The molecule has 0 fully saturated rings. The molecule has 0 unspecified atom stereocenters. The number of ether oxygens (including phenoxy) is 3. The van der Waals surface area contributed by atoms with Gasteiger partial charge in [0.2, 0.25) is 0 Å². The molecule has 3 aromatic carbocycles. The molecule has 35 heavy (non-hydrogen) atoms. The average Bonchev–Trinajstić information content (AvgIpc) is 2.86. The van der Waals surface area contributed by atoms with Crippen molar-refractivity contribution in [1.82, 2.24) is 0 Å². The lowest BCUT2D eigenvalue weighted by Crippen LogP contribution is -2.39. The predicted molar refractivity (Wildman–Crippen MR) is 136 cm³/mol. The summed E-state index contributed by atoms with van der Waals surface area (Å²) in [7, 11) is 0. The summed E-state index contributed by atoms with van der Waals surface area (Å²) in [5.74, 6) is 1.60. The molecule has 7 nitrogen and oxygen atoms in total. The highest BCUT2D eigenvalue weighted by atomic mass is 35.5. The number of hydrogen-bond acceptors (Lipinski definition) is 5. The number of nitrogens with one attached hydrogen (secondary N) is 1. The van der Waals surface area contributed by atoms with Crippen LogP contribution in [-0.4, -0.2) is 38.2 Å². The molecule has 1 aliphatic rings. The van der Waals surface area contributed by atoms with Crippen LogP contribution in [0.25, 0.3) is 0 Å². The number of aryl methyl sites for hydroxylation is 1. The molecule has 0 atom stereocenters. The summed E-state index contributed by atoms with van der Waals surface area (Å²) < 4.78 is 16.9. The smallest absolute Gasteiger partial charge is 0.265 e. The maximum Gasteiger partial charge on any atom is 0.265 e. The number of carbonyl (C=O) groups excluding carboxylic acids is 2. The molecular formula is C27H27ClN2O5. The van der Waals surface area contributed by atoms with Gasteiger partial charge in [-0.15, -0.1) is 0 Å². The topological polar surface area (TPSA) is 77.1 Å². The van der Waals surface area contributed by atoms with Crippen LogP contribution >= 0.6 is 11.6 Å². The zero-order valence-corrected chi connectivity index (χ0v) is 20.2. The van der Waals surface area contributed by atoms with E-state index in [-0.39, 0.29) is 25.0 Å². The Morgan fingerprint density at radius 3 is 2.66 bits per heavy atom. The van der Waals surface area contributed by atoms with E-state index in [1.165, 1.54) is 0 Å². The first kappa shape index (κ1) is 24.4. The molecule has 1 N–H and O–H groups in total. The van der Waals surface area contributed by atoms with Crippen molar-refractivity contribution in [2.45, 2.75) is 19.8 Å². The van der Waals surface area contributed by atoms with Crippen LogP contribution in [0.5, 0.6) is 17.2 Å². The summed E-state index contributed by atoms with van der Waals surface area (Å²) >= 11 is 5.86. The Labute approximate surface area is 209 Å². The van der Waals surface area contributed by atoms with Crippen molar-refractivity contribution in [3.8, 4) is 17.2 Å². The number of benzene rings is 3. The van der Waals surface area contributed by atoms with Crippen molar-refractivity contribution in [2.24, 2.45) is 0 Å². The van der Waals surface area contributed by atoms with Crippen LogP contribution in [0.3, 0.4) is 0 Å². The van der Waals surface area contributed by atoms with Gasteiger partial charge in [0.15, 0.2) is 13.2 Å². The third-order valence-corrected chi connectivity index (χ3v) is 5.75. The van der Waals surface area contributed by atoms with Crippen LogP contribution < -0.4 is 24.4 Å². The number of rotatable bonds is 10. The Kier molecular flexibility index (Phi) is 8.11. The van der Waals surface area contributed by atoms with Gasteiger partial charge in [-0.25, -0.2) is 0 Å². The van der Waals surface area contributed by atoms with Gasteiger partial charge in [-0.05, 0) is 73.9 Å². The number of para-hydroxylation sites is 1. The van der Waals surface area contributed by atoms with Crippen molar-refractivity contribution in [1.29, 1.82) is 0 Å². The zero-order valence-electron chi connectivity index (χ0n) is 19.5. The van der Waals surface area contributed by atoms with Gasteiger partial charge in [0.25, 0.3) is 11.8 Å². The summed E-state index contributed by atoms with van der Waals surface area (Å²) in [6.45, 7) is 2.95. The van der Waals surface area contributed by atoms with Crippen LogP contribution in [0.2, 0.25) is 5.02 Å². The Balaban J connectivity index is 1.31. The molecule has 2 amide bonds. The Morgan fingerprint density at radius 1 is 1.06 bits per heavy atom. The van der Waals surface area contributed by atoms with Crippen molar-refractivity contribution in [3.05, 3.63) is 77.3 Å². The first-order valence-electron chi connectivity index (χ1n) is 11.4.